The van der Waals surface area contributed by atoms with E-state index < -0.39 is 5.82 Å². The fourth-order valence-corrected chi connectivity index (χ4v) is 0.788. The SMILES string of the molecule is C/C=C(\C)COc1cc[c]c(F)c1. The van der Waals surface area contributed by atoms with Gasteiger partial charge < -0.3 is 4.74 Å². The molecule has 0 aliphatic carbocycles. The van der Waals surface area contributed by atoms with Gasteiger partial charge in [-0.25, -0.2) is 4.39 Å². The minimum atomic E-state index is -0.393. The van der Waals surface area contributed by atoms with Gasteiger partial charge in [0, 0.05) is 12.1 Å². The van der Waals surface area contributed by atoms with Crippen LogP contribution in [0.1, 0.15) is 13.8 Å². The summed E-state index contributed by atoms with van der Waals surface area (Å²) in [5.74, 6) is 0.146. The van der Waals surface area contributed by atoms with Gasteiger partial charge >= 0.3 is 0 Å². The Morgan fingerprint density at radius 2 is 2.46 bits per heavy atom. The van der Waals surface area contributed by atoms with Gasteiger partial charge in [-0.05, 0) is 31.6 Å². The minimum Gasteiger partial charge on any atom is -0.489 e. The Balaban J connectivity index is 2.55. The van der Waals surface area contributed by atoms with Crippen LogP contribution in [0, 0.1) is 11.9 Å². The molecule has 0 spiro atoms. The molecule has 0 unspecified atom stereocenters. The fourth-order valence-electron chi connectivity index (χ4n) is 0.788. The molecule has 0 fully saturated rings. The van der Waals surface area contributed by atoms with Crippen molar-refractivity contribution >= 4 is 0 Å². The van der Waals surface area contributed by atoms with Crippen molar-refractivity contribution in [2.45, 2.75) is 13.8 Å². The fraction of sp³-hybridized carbons (Fsp3) is 0.273. The summed E-state index contributed by atoms with van der Waals surface area (Å²) >= 11 is 0. The monoisotopic (exact) mass is 179 g/mol. The van der Waals surface area contributed by atoms with Crippen LogP contribution in [-0.4, -0.2) is 6.61 Å². The zero-order valence-corrected chi connectivity index (χ0v) is 7.80. The number of halogens is 1. The Hall–Kier alpha value is -1.31. The molecule has 13 heavy (non-hydrogen) atoms. The van der Waals surface area contributed by atoms with Crippen LogP contribution >= 0.6 is 0 Å². The van der Waals surface area contributed by atoms with E-state index >= 15 is 0 Å². The second-order valence-electron chi connectivity index (χ2n) is 2.80. The Bertz CT molecular complexity index is 305. The van der Waals surface area contributed by atoms with Crippen molar-refractivity contribution in [2.24, 2.45) is 0 Å². The Labute approximate surface area is 77.8 Å². The van der Waals surface area contributed by atoms with Gasteiger partial charge in [-0.2, -0.15) is 0 Å². The second kappa shape index (κ2) is 4.65. The number of hydrogen-bond donors (Lipinski definition) is 0. The van der Waals surface area contributed by atoms with E-state index in [1.807, 2.05) is 19.9 Å². The van der Waals surface area contributed by atoms with E-state index in [1.165, 1.54) is 12.1 Å². The highest BCUT2D eigenvalue weighted by molar-refractivity contribution is 5.22. The standard InChI is InChI=1S/C11H12FO/c1-3-9(2)8-13-11-6-4-5-10(12)7-11/h3-4,6-7H,8H2,1-2H3/b9-3+. The van der Waals surface area contributed by atoms with E-state index in [1.54, 1.807) is 6.07 Å². The maximum atomic E-state index is 12.6. The molecule has 0 saturated heterocycles. The van der Waals surface area contributed by atoms with Crippen LogP contribution in [0.15, 0.2) is 29.8 Å². The van der Waals surface area contributed by atoms with Crippen LogP contribution in [0.25, 0.3) is 0 Å². The normalized spacial score (nSPS) is 11.5. The van der Waals surface area contributed by atoms with Crippen molar-refractivity contribution < 1.29 is 9.13 Å². The molecular weight excluding hydrogens is 167 g/mol. The van der Waals surface area contributed by atoms with E-state index in [-0.39, 0.29) is 0 Å². The highest BCUT2D eigenvalue weighted by Crippen LogP contribution is 2.12. The van der Waals surface area contributed by atoms with Crippen molar-refractivity contribution in [3.63, 3.8) is 0 Å². The first-order valence-electron chi connectivity index (χ1n) is 4.14. The topological polar surface area (TPSA) is 9.23 Å². The van der Waals surface area contributed by atoms with E-state index in [2.05, 4.69) is 6.07 Å². The number of benzene rings is 1. The summed E-state index contributed by atoms with van der Waals surface area (Å²) in [7, 11) is 0. The molecule has 0 heterocycles. The minimum absolute atomic E-state index is 0.393. The largest absolute Gasteiger partial charge is 0.489 e. The number of ether oxygens (including phenoxy) is 1. The lowest BCUT2D eigenvalue weighted by molar-refractivity contribution is 0.350. The van der Waals surface area contributed by atoms with Gasteiger partial charge in [0.15, 0.2) is 0 Å². The number of rotatable bonds is 3. The molecule has 1 rings (SSSR count). The van der Waals surface area contributed by atoms with Crippen molar-refractivity contribution in [3.8, 4) is 5.75 Å². The molecule has 0 aliphatic rings. The average molecular weight is 179 g/mol. The third-order valence-electron chi connectivity index (χ3n) is 1.70. The van der Waals surface area contributed by atoms with Gasteiger partial charge in [0.2, 0.25) is 0 Å². The van der Waals surface area contributed by atoms with Crippen molar-refractivity contribution in [2.75, 3.05) is 6.61 Å². The molecule has 1 aromatic rings. The summed E-state index contributed by atoms with van der Waals surface area (Å²) in [5, 5.41) is 0. The summed E-state index contributed by atoms with van der Waals surface area (Å²) in [6.45, 7) is 4.41. The number of allylic oxidation sites excluding steroid dienone is 1. The van der Waals surface area contributed by atoms with Crippen LogP contribution < -0.4 is 4.74 Å². The zero-order valence-electron chi connectivity index (χ0n) is 7.80. The quantitative estimate of drug-likeness (QED) is 0.648. The van der Waals surface area contributed by atoms with Crippen LogP contribution in [-0.2, 0) is 0 Å². The van der Waals surface area contributed by atoms with Crippen LogP contribution in [0.3, 0.4) is 0 Å². The van der Waals surface area contributed by atoms with E-state index in [0.29, 0.717) is 12.4 Å². The van der Waals surface area contributed by atoms with Crippen molar-refractivity contribution in [1.82, 2.24) is 0 Å². The van der Waals surface area contributed by atoms with E-state index in [0.717, 1.165) is 5.57 Å². The predicted molar refractivity (Wildman–Crippen MR) is 50.2 cm³/mol. The van der Waals surface area contributed by atoms with Crippen molar-refractivity contribution in [1.29, 1.82) is 0 Å². The predicted octanol–water partition coefficient (Wildman–Crippen LogP) is 2.97. The molecule has 69 valence electrons. The molecule has 0 bridgehead atoms. The maximum absolute atomic E-state index is 12.6. The summed E-state index contributed by atoms with van der Waals surface area (Å²) in [4.78, 5) is 0. The maximum Gasteiger partial charge on any atom is 0.134 e. The van der Waals surface area contributed by atoms with Gasteiger partial charge in [-0.3, -0.25) is 0 Å². The first kappa shape index (κ1) is 9.78. The zero-order chi connectivity index (χ0) is 9.68. The summed E-state index contributed by atoms with van der Waals surface area (Å²) in [5.41, 5.74) is 1.12. The first-order valence-corrected chi connectivity index (χ1v) is 4.14. The lowest BCUT2D eigenvalue weighted by Crippen LogP contribution is -1.98. The second-order valence-corrected chi connectivity index (χ2v) is 2.80. The molecule has 2 heteroatoms. The molecule has 0 aromatic heterocycles. The molecule has 0 aliphatic heterocycles. The summed E-state index contributed by atoms with van der Waals surface area (Å²) < 4.78 is 17.9. The Kier molecular flexibility index (Phi) is 3.50. The summed E-state index contributed by atoms with van der Waals surface area (Å²) in [6, 6.07) is 6.93. The molecule has 0 atom stereocenters. The lowest BCUT2D eigenvalue weighted by Gasteiger charge is -2.05. The highest BCUT2D eigenvalue weighted by Gasteiger charge is 1.95. The molecule has 0 N–H and O–H groups in total. The smallest absolute Gasteiger partial charge is 0.134 e. The molecule has 1 nitrogen and oxygen atoms in total. The highest BCUT2D eigenvalue weighted by atomic mass is 19.1. The third-order valence-corrected chi connectivity index (χ3v) is 1.70. The van der Waals surface area contributed by atoms with Crippen molar-refractivity contribution in [3.05, 3.63) is 41.7 Å². The Morgan fingerprint density at radius 1 is 1.69 bits per heavy atom. The number of hydrogen-bond acceptors (Lipinski definition) is 1. The Morgan fingerprint density at radius 3 is 3.08 bits per heavy atom. The van der Waals surface area contributed by atoms with Gasteiger partial charge in [0.05, 0.1) is 0 Å². The van der Waals surface area contributed by atoms with E-state index in [9.17, 15) is 4.39 Å². The molecule has 0 amide bonds. The van der Waals surface area contributed by atoms with Gasteiger partial charge in [0.25, 0.3) is 0 Å². The average Bonchev–Trinajstić information content (AvgIpc) is 2.14. The molecular formula is C11H12FO. The lowest BCUT2D eigenvalue weighted by atomic mass is 10.3. The van der Waals surface area contributed by atoms with Gasteiger partial charge in [0.1, 0.15) is 18.2 Å². The van der Waals surface area contributed by atoms with Crippen LogP contribution in [0.4, 0.5) is 4.39 Å². The third kappa shape index (κ3) is 3.28. The molecule has 1 radical (unpaired) electrons. The molecule has 0 saturated carbocycles. The summed E-state index contributed by atoms with van der Waals surface area (Å²) in [6.07, 6.45) is 1.96. The van der Waals surface area contributed by atoms with Crippen LogP contribution in [0.2, 0.25) is 0 Å². The van der Waals surface area contributed by atoms with E-state index in [4.69, 9.17) is 4.74 Å². The van der Waals surface area contributed by atoms with Crippen LogP contribution in [0.5, 0.6) is 5.75 Å². The van der Waals surface area contributed by atoms with Gasteiger partial charge in [-0.15, -0.1) is 0 Å². The molecule has 1 aromatic carbocycles. The van der Waals surface area contributed by atoms with Gasteiger partial charge in [-0.1, -0.05) is 6.08 Å². The first-order chi connectivity index (χ1) is 6.22.